The van der Waals surface area contributed by atoms with E-state index in [4.69, 9.17) is 4.43 Å². The van der Waals surface area contributed by atoms with E-state index in [9.17, 15) is 4.79 Å². The van der Waals surface area contributed by atoms with Crippen molar-refractivity contribution in [3.8, 4) is 0 Å². The van der Waals surface area contributed by atoms with Crippen LogP contribution in [0.5, 0.6) is 0 Å². The molecule has 4 heteroatoms. The van der Waals surface area contributed by atoms with Gasteiger partial charge in [0.25, 0.3) is 14.3 Å². The molecule has 0 aliphatic heterocycles. The fourth-order valence-electron chi connectivity index (χ4n) is 0.421. The van der Waals surface area contributed by atoms with Gasteiger partial charge in [0.05, 0.1) is 0 Å². The van der Waals surface area contributed by atoms with Gasteiger partial charge < -0.3 is 4.43 Å². The lowest BCUT2D eigenvalue weighted by Gasteiger charge is -2.18. The Morgan fingerprint density at radius 2 is 2.11 bits per heavy atom. The molecule has 0 saturated heterocycles. The number of hydrogen-bond donors (Lipinski definition) is 1. The van der Waals surface area contributed by atoms with Gasteiger partial charge in [0.2, 0.25) is 0 Å². The van der Waals surface area contributed by atoms with Crippen LogP contribution >= 0.6 is 12.6 Å². The normalized spacial score (nSPS) is 11.1. The van der Waals surface area contributed by atoms with E-state index >= 15 is 0 Å². The van der Waals surface area contributed by atoms with E-state index in [1.807, 2.05) is 13.1 Å². The Morgan fingerprint density at radius 3 is 2.22 bits per heavy atom. The van der Waals surface area contributed by atoms with Gasteiger partial charge in [0.1, 0.15) is 0 Å². The molecule has 0 aliphatic carbocycles. The fraction of sp³-hybridized carbons (Fsp3) is 0.800. The molecule has 2 nitrogen and oxygen atoms in total. The SMILES string of the molecule is CC(=O)O[Si](C)(C)CS. The van der Waals surface area contributed by atoms with Crippen molar-refractivity contribution >= 4 is 26.9 Å². The molecule has 0 bridgehead atoms. The molecule has 0 unspecified atom stereocenters. The molecule has 0 amide bonds. The van der Waals surface area contributed by atoms with E-state index in [2.05, 4.69) is 12.6 Å². The summed E-state index contributed by atoms with van der Waals surface area (Å²) in [6, 6.07) is 0. The smallest absolute Gasteiger partial charge is 0.289 e. The summed E-state index contributed by atoms with van der Waals surface area (Å²) in [5, 5.41) is 0.687. The summed E-state index contributed by atoms with van der Waals surface area (Å²) < 4.78 is 5.01. The molecule has 0 aromatic heterocycles. The number of carbonyl (C=O) groups excluding carboxylic acids is 1. The molecule has 0 aliphatic rings. The largest absolute Gasteiger partial charge is 0.519 e. The highest BCUT2D eigenvalue weighted by atomic mass is 32.1. The summed E-state index contributed by atoms with van der Waals surface area (Å²) in [5.74, 6) is -0.194. The molecule has 54 valence electrons. The van der Waals surface area contributed by atoms with Gasteiger partial charge >= 0.3 is 0 Å². The van der Waals surface area contributed by atoms with Crippen LogP contribution in [-0.4, -0.2) is 19.7 Å². The Balaban J connectivity index is 3.71. The fourth-order valence-corrected chi connectivity index (χ4v) is 1.46. The minimum atomic E-state index is -1.73. The first kappa shape index (κ1) is 9.04. The third kappa shape index (κ3) is 4.53. The summed E-state index contributed by atoms with van der Waals surface area (Å²) >= 11 is 4.06. The Morgan fingerprint density at radius 1 is 1.67 bits per heavy atom. The van der Waals surface area contributed by atoms with Crippen molar-refractivity contribution in [1.29, 1.82) is 0 Å². The second kappa shape index (κ2) is 3.27. The van der Waals surface area contributed by atoms with Crippen LogP contribution in [0.3, 0.4) is 0 Å². The minimum Gasteiger partial charge on any atom is -0.519 e. The standard InChI is InChI=1S/C5H12O2SSi/c1-5(6)7-9(2,3)4-8/h8H,4H2,1-3H3. The summed E-state index contributed by atoms with van der Waals surface area (Å²) in [6.45, 7) is 5.35. The predicted molar refractivity (Wildman–Crippen MR) is 43.1 cm³/mol. The minimum absolute atomic E-state index is 0.194. The average molecular weight is 164 g/mol. The summed E-state index contributed by atoms with van der Waals surface area (Å²) in [6.07, 6.45) is 0. The van der Waals surface area contributed by atoms with Gasteiger partial charge in [-0.2, -0.15) is 12.6 Å². The van der Waals surface area contributed by atoms with Crippen molar-refractivity contribution in [3.05, 3.63) is 0 Å². The number of thiol groups is 1. The Kier molecular flexibility index (Phi) is 3.28. The van der Waals surface area contributed by atoms with E-state index in [0.29, 0.717) is 5.38 Å². The second-order valence-electron chi connectivity index (χ2n) is 2.51. The number of carbonyl (C=O) groups is 1. The molecule has 0 N–H and O–H groups in total. The lowest BCUT2D eigenvalue weighted by atomic mass is 10.9. The maximum Gasteiger partial charge on any atom is 0.289 e. The molecule has 0 fully saturated rings. The lowest BCUT2D eigenvalue weighted by molar-refractivity contribution is -0.132. The highest BCUT2D eigenvalue weighted by molar-refractivity contribution is 7.82. The predicted octanol–water partition coefficient (Wildman–Crippen LogP) is 1.22. The molecule has 0 atom stereocenters. The zero-order valence-corrected chi connectivity index (χ0v) is 7.87. The van der Waals surface area contributed by atoms with Gasteiger partial charge in [-0.3, -0.25) is 4.79 Å². The van der Waals surface area contributed by atoms with E-state index in [-0.39, 0.29) is 5.97 Å². The zero-order valence-electron chi connectivity index (χ0n) is 5.97. The zero-order chi connectivity index (χ0) is 7.49. The van der Waals surface area contributed by atoms with Crippen molar-refractivity contribution in [2.75, 3.05) is 5.38 Å². The van der Waals surface area contributed by atoms with Crippen LogP contribution in [0, 0.1) is 0 Å². The molecule has 0 aromatic carbocycles. The topological polar surface area (TPSA) is 26.3 Å². The van der Waals surface area contributed by atoms with Crippen molar-refractivity contribution in [2.24, 2.45) is 0 Å². The van der Waals surface area contributed by atoms with Crippen molar-refractivity contribution in [3.63, 3.8) is 0 Å². The Hall–Kier alpha value is 0.0369. The first-order valence-electron chi connectivity index (χ1n) is 2.78. The first-order valence-corrected chi connectivity index (χ1v) is 6.53. The highest BCUT2D eigenvalue weighted by Gasteiger charge is 2.22. The van der Waals surface area contributed by atoms with E-state index in [0.717, 1.165) is 0 Å². The van der Waals surface area contributed by atoms with E-state index < -0.39 is 8.32 Å². The third-order valence-electron chi connectivity index (χ3n) is 0.801. The van der Waals surface area contributed by atoms with Gasteiger partial charge in [-0.1, -0.05) is 0 Å². The molecular formula is C5H12O2SSi. The van der Waals surface area contributed by atoms with Gasteiger partial charge in [0.15, 0.2) is 0 Å². The second-order valence-corrected chi connectivity index (χ2v) is 7.50. The molecule has 0 heterocycles. The van der Waals surface area contributed by atoms with E-state index in [1.165, 1.54) is 6.92 Å². The molecule has 0 saturated carbocycles. The molecule has 0 spiro atoms. The Labute approximate surface area is 62.1 Å². The van der Waals surface area contributed by atoms with Gasteiger partial charge in [-0.25, -0.2) is 0 Å². The van der Waals surface area contributed by atoms with Crippen LogP contribution in [0.1, 0.15) is 6.92 Å². The van der Waals surface area contributed by atoms with Crippen molar-refractivity contribution in [1.82, 2.24) is 0 Å². The first-order chi connectivity index (χ1) is 3.98. The lowest BCUT2D eigenvalue weighted by Crippen LogP contribution is -2.34. The molecule has 9 heavy (non-hydrogen) atoms. The van der Waals surface area contributed by atoms with Gasteiger partial charge in [-0.05, 0) is 13.1 Å². The van der Waals surface area contributed by atoms with Crippen LogP contribution in [-0.2, 0) is 9.22 Å². The molecule has 0 radical (unpaired) electrons. The maximum absolute atomic E-state index is 10.4. The van der Waals surface area contributed by atoms with Crippen LogP contribution in [0.2, 0.25) is 13.1 Å². The number of rotatable bonds is 2. The van der Waals surface area contributed by atoms with Crippen LogP contribution in [0.4, 0.5) is 0 Å². The molecular weight excluding hydrogens is 152 g/mol. The van der Waals surface area contributed by atoms with Gasteiger partial charge in [0, 0.05) is 12.3 Å². The van der Waals surface area contributed by atoms with Crippen LogP contribution in [0.25, 0.3) is 0 Å². The quantitative estimate of drug-likeness (QED) is 0.491. The Bertz CT molecular complexity index is 114. The van der Waals surface area contributed by atoms with Crippen molar-refractivity contribution in [2.45, 2.75) is 20.0 Å². The molecule has 0 rings (SSSR count). The summed E-state index contributed by atoms with van der Waals surface area (Å²) in [4.78, 5) is 10.4. The van der Waals surface area contributed by atoms with Crippen LogP contribution < -0.4 is 0 Å². The summed E-state index contributed by atoms with van der Waals surface area (Å²) in [7, 11) is -1.73. The monoisotopic (exact) mass is 164 g/mol. The number of hydrogen-bond acceptors (Lipinski definition) is 3. The highest BCUT2D eigenvalue weighted by Crippen LogP contribution is 2.05. The average Bonchev–Trinajstić information content (AvgIpc) is 1.63. The van der Waals surface area contributed by atoms with Crippen molar-refractivity contribution < 1.29 is 9.22 Å². The van der Waals surface area contributed by atoms with Crippen LogP contribution in [0.15, 0.2) is 0 Å². The van der Waals surface area contributed by atoms with Gasteiger partial charge in [-0.15, -0.1) is 0 Å². The third-order valence-corrected chi connectivity index (χ3v) is 4.69. The van der Waals surface area contributed by atoms with E-state index in [1.54, 1.807) is 0 Å². The maximum atomic E-state index is 10.4. The molecule has 0 aromatic rings. The summed E-state index contributed by atoms with van der Waals surface area (Å²) in [5.41, 5.74) is 0.